The molecule has 1 fully saturated rings. The first-order valence-corrected chi connectivity index (χ1v) is 12.0. The van der Waals surface area contributed by atoms with Crippen LogP contribution in [0.5, 0.6) is 0 Å². The predicted molar refractivity (Wildman–Crippen MR) is 127 cm³/mol. The Bertz CT molecular complexity index is 1160. The van der Waals surface area contributed by atoms with Crippen molar-refractivity contribution in [1.29, 1.82) is 0 Å². The lowest BCUT2D eigenvalue weighted by Gasteiger charge is -2.36. The van der Waals surface area contributed by atoms with Gasteiger partial charge in [-0.25, -0.2) is 4.68 Å². The Morgan fingerprint density at radius 1 is 1.03 bits per heavy atom. The number of anilines is 1. The monoisotopic (exact) mass is 432 g/mol. The molecule has 7 nitrogen and oxygen atoms in total. The molecular weight excluding hydrogens is 400 g/mol. The first-order chi connectivity index (χ1) is 15.7. The van der Waals surface area contributed by atoms with Crippen molar-refractivity contribution in [2.45, 2.75) is 64.5 Å². The van der Waals surface area contributed by atoms with Crippen LogP contribution >= 0.6 is 0 Å². The molecule has 1 atom stereocenters. The summed E-state index contributed by atoms with van der Waals surface area (Å²) in [6, 6.07) is 10.5. The van der Waals surface area contributed by atoms with E-state index in [0.29, 0.717) is 12.6 Å². The minimum absolute atomic E-state index is 0.0405. The highest BCUT2D eigenvalue weighted by molar-refractivity contribution is 5.92. The molecule has 2 aliphatic rings. The van der Waals surface area contributed by atoms with E-state index in [2.05, 4.69) is 32.5 Å². The van der Waals surface area contributed by atoms with Gasteiger partial charge in [-0.1, -0.05) is 30.7 Å². The van der Waals surface area contributed by atoms with Gasteiger partial charge in [0, 0.05) is 36.0 Å². The van der Waals surface area contributed by atoms with Gasteiger partial charge in [0.15, 0.2) is 5.82 Å². The Hall–Kier alpha value is -2.80. The Labute approximate surface area is 188 Å². The average Bonchev–Trinajstić information content (AvgIpc) is 2.83. The van der Waals surface area contributed by atoms with Crippen LogP contribution in [0.25, 0.3) is 10.8 Å². The third-order valence-corrected chi connectivity index (χ3v) is 7.00. The number of nitrogens with one attached hydrogen (secondary N) is 1. The van der Waals surface area contributed by atoms with Crippen molar-refractivity contribution in [2.24, 2.45) is 0 Å². The van der Waals surface area contributed by atoms with Crippen LogP contribution in [0.15, 0.2) is 35.1 Å². The summed E-state index contributed by atoms with van der Waals surface area (Å²) in [4.78, 5) is 15.1. The van der Waals surface area contributed by atoms with E-state index in [4.69, 9.17) is 5.10 Å². The third-order valence-electron chi connectivity index (χ3n) is 7.00. The zero-order chi connectivity index (χ0) is 21.9. The van der Waals surface area contributed by atoms with Crippen LogP contribution < -0.4 is 10.9 Å². The topological polar surface area (TPSA) is 75.9 Å². The molecule has 0 bridgehead atoms. The molecule has 2 aromatic heterocycles. The molecule has 1 saturated heterocycles. The van der Waals surface area contributed by atoms with E-state index >= 15 is 0 Å². The maximum atomic E-state index is 12.6. The number of likely N-dealkylation sites (tertiary alicyclic amines) is 1. The molecule has 0 amide bonds. The summed E-state index contributed by atoms with van der Waals surface area (Å²) in [5.41, 5.74) is 3.27. The third kappa shape index (κ3) is 4.39. The number of benzene rings is 1. The van der Waals surface area contributed by atoms with Gasteiger partial charge < -0.3 is 5.32 Å². The quantitative estimate of drug-likeness (QED) is 0.644. The van der Waals surface area contributed by atoms with Gasteiger partial charge in [0.1, 0.15) is 0 Å². The minimum atomic E-state index is 0.0405. The molecule has 0 saturated carbocycles. The standard InChI is InChI=1S/C25H32N6O/c1-18-21-10-3-4-11-22(21)25(28-27-18)26-17-20-9-6-7-13-30(20)14-15-31-24(32)16-19-8-2-5-12-23(19)29-31/h3-4,10-11,16,20H,2,5-9,12-15,17H2,1H3,(H,26,28). The number of nitrogens with zero attached hydrogens (tertiary/aromatic N) is 5. The lowest BCUT2D eigenvalue weighted by Crippen LogP contribution is -2.46. The lowest BCUT2D eigenvalue weighted by molar-refractivity contribution is 0.147. The van der Waals surface area contributed by atoms with Gasteiger partial charge in [0.2, 0.25) is 0 Å². The van der Waals surface area contributed by atoms with E-state index in [1.807, 2.05) is 25.1 Å². The van der Waals surface area contributed by atoms with Gasteiger partial charge in [0.25, 0.3) is 5.56 Å². The van der Waals surface area contributed by atoms with E-state index in [9.17, 15) is 4.79 Å². The van der Waals surface area contributed by atoms with Crippen LogP contribution in [0.1, 0.15) is 49.1 Å². The molecule has 3 heterocycles. The summed E-state index contributed by atoms with van der Waals surface area (Å²) < 4.78 is 1.68. The van der Waals surface area contributed by atoms with Crippen LogP contribution in [0.3, 0.4) is 0 Å². The average molecular weight is 433 g/mol. The smallest absolute Gasteiger partial charge is 0.267 e. The molecule has 1 unspecified atom stereocenters. The number of aromatic nitrogens is 4. The first-order valence-electron chi connectivity index (χ1n) is 12.0. The maximum absolute atomic E-state index is 12.6. The molecule has 0 spiro atoms. The summed E-state index contributed by atoms with van der Waals surface area (Å²) in [6.07, 6.45) is 7.93. The molecule has 7 heteroatoms. The number of hydrogen-bond donors (Lipinski definition) is 1. The summed E-state index contributed by atoms with van der Waals surface area (Å²) in [6.45, 7) is 5.38. The van der Waals surface area contributed by atoms with E-state index in [-0.39, 0.29) is 5.56 Å². The van der Waals surface area contributed by atoms with Crippen molar-refractivity contribution in [1.82, 2.24) is 24.9 Å². The number of rotatable bonds is 6. The highest BCUT2D eigenvalue weighted by Gasteiger charge is 2.23. The van der Waals surface area contributed by atoms with E-state index < -0.39 is 0 Å². The summed E-state index contributed by atoms with van der Waals surface area (Å²) in [7, 11) is 0. The zero-order valence-electron chi connectivity index (χ0n) is 18.9. The maximum Gasteiger partial charge on any atom is 0.267 e. The second-order valence-electron chi connectivity index (χ2n) is 9.13. The van der Waals surface area contributed by atoms with Crippen molar-refractivity contribution in [3.05, 3.63) is 57.6 Å². The summed E-state index contributed by atoms with van der Waals surface area (Å²) >= 11 is 0. The first kappa shape index (κ1) is 21.1. The molecule has 3 aromatic rings. The second-order valence-corrected chi connectivity index (χ2v) is 9.13. The second kappa shape index (κ2) is 9.36. The molecule has 1 aromatic carbocycles. The van der Waals surface area contributed by atoms with Crippen LogP contribution in [-0.2, 0) is 19.4 Å². The molecular formula is C25H32N6O. The minimum Gasteiger partial charge on any atom is -0.366 e. The highest BCUT2D eigenvalue weighted by atomic mass is 16.1. The van der Waals surface area contributed by atoms with Gasteiger partial charge in [-0.05, 0) is 57.6 Å². The Balaban J connectivity index is 1.26. The molecule has 32 heavy (non-hydrogen) atoms. The normalized spacial score (nSPS) is 19.1. The molecule has 1 aliphatic heterocycles. The molecule has 168 valence electrons. The fourth-order valence-corrected chi connectivity index (χ4v) is 5.15. The largest absolute Gasteiger partial charge is 0.366 e. The van der Waals surface area contributed by atoms with Gasteiger partial charge >= 0.3 is 0 Å². The predicted octanol–water partition coefficient (Wildman–Crippen LogP) is 3.34. The fourth-order valence-electron chi connectivity index (χ4n) is 5.15. The molecule has 1 N–H and O–H groups in total. The van der Waals surface area contributed by atoms with E-state index in [1.54, 1.807) is 4.68 Å². The molecule has 5 rings (SSSR count). The Morgan fingerprint density at radius 3 is 2.78 bits per heavy atom. The van der Waals surface area contributed by atoms with Crippen molar-refractivity contribution in [3.8, 4) is 0 Å². The summed E-state index contributed by atoms with van der Waals surface area (Å²) in [5, 5.41) is 19.3. The molecule has 0 radical (unpaired) electrons. The Kier molecular flexibility index (Phi) is 6.17. The van der Waals surface area contributed by atoms with Crippen molar-refractivity contribution >= 4 is 16.6 Å². The number of aryl methyl sites for hydroxylation is 3. The van der Waals surface area contributed by atoms with Gasteiger partial charge in [0.05, 0.1) is 17.9 Å². The molecule has 1 aliphatic carbocycles. The van der Waals surface area contributed by atoms with Crippen LogP contribution in [0.4, 0.5) is 5.82 Å². The lowest BCUT2D eigenvalue weighted by atomic mass is 9.97. The Morgan fingerprint density at radius 2 is 1.88 bits per heavy atom. The van der Waals surface area contributed by atoms with Gasteiger partial charge in [-0.3, -0.25) is 9.69 Å². The number of fused-ring (bicyclic) bond motifs is 2. The van der Waals surface area contributed by atoms with Crippen LogP contribution in [-0.4, -0.2) is 50.6 Å². The van der Waals surface area contributed by atoms with Crippen molar-refractivity contribution in [3.63, 3.8) is 0 Å². The van der Waals surface area contributed by atoms with Gasteiger partial charge in [-0.2, -0.15) is 10.2 Å². The number of hydrogen-bond acceptors (Lipinski definition) is 6. The van der Waals surface area contributed by atoms with Crippen LogP contribution in [0.2, 0.25) is 0 Å². The van der Waals surface area contributed by atoms with Crippen molar-refractivity contribution < 1.29 is 0 Å². The van der Waals surface area contributed by atoms with Crippen LogP contribution in [0, 0.1) is 6.92 Å². The fraction of sp³-hybridized carbons (Fsp3) is 0.520. The summed E-state index contributed by atoms with van der Waals surface area (Å²) in [5.74, 6) is 0.851. The van der Waals surface area contributed by atoms with Gasteiger partial charge in [-0.15, -0.1) is 5.10 Å². The van der Waals surface area contributed by atoms with E-state index in [0.717, 1.165) is 72.4 Å². The highest BCUT2D eigenvalue weighted by Crippen LogP contribution is 2.24. The number of piperidine rings is 1. The zero-order valence-corrected chi connectivity index (χ0v) is 18.9. The SMILES string of the molecule is Cc1nnc(NCC2CCCCN2CCn2nc3c(cc2=O)CCCC3)c2ccccc12. The van der Waals surface area contributed by atoms with Crippen molar-refractivity contribution in [2.75, 3.05) is 25.0 Å². The van der Waals surface area contributed by atoms with E-state index in [1.165, 1.54) is 25.7 Å².